The first-order chi connectivity index (χ1) is 7.02. The van der Waals surface area contributed by atoms with Crippen LogP contribution >= 0.6 is 0 Å². The quantitative estimate of drug-likeness (QED) is 0.768. The van der Waals surface area contributed by atoms with E-state index in [4.69, 9.17) is 5.73 Å². The summed E-state index contributed by atoms with van der Waals surface area (Å²) in [7, 11) is 0. The number of Topliss-reactive ketones (excluding diaryl/α,β-unsaturated/α-hetero) is 1. The van der Waals surface area contributed by atoms with E-state index in [1.165, 1.54) is 5.56 Å². The first-order valence-electron chi connectivity index (χ1n) is 5.37. The Kier molecular flexibility index (Phi) is 4.04. The Morgan fingerprint density at radius 1 is 1.40 bits per heavy atom. The predicted octanol–water partition coefficient (Wildman–Crippen LogP) is 2.61. The average molecular weight is 205 g/mol. The van der Waals surface area contributed by atoms with Gasteiger partial charge in [-0.25, -0.2) is 0 Å². The van der Waals surface area contributed by atoms with Gasteiger partial charge in [-0.2, -0.15) is 0 Å². The standard InChI is InChI=1S/C13H19NO/c1-9-5-4-6-12(11(9)3)13(15)8-7-10(2)14/h4-6,10H,7-8,14H2,1-3H3. The highest BCUT2D eigenvalue weighted by atomic mass is 16.1. The molecule has 1 unspecified atom stereocenters. The van der Waals surface area contributed by atoms with Gasteiger partial charge in [0.1, 0.15) is 0 Å². The van der Waals surface area contributed by atoms with Gasteiger partial charge in [-0.3, -0.25) is 4.79 Å². The lowest BCUT2D eigenvalue weighted by Gasteiger charge is -2.08. The van der Waals surface area contributed by atoms with Gasteiger partial charge in [0.15, 0.2) is 5.78 Å². The highest BCUT2D eigenvalue weighted by Crippen LogP contribution is 2.15. The van der Waals surface area contributed by atoms with Crippen molar-refractivity contribution in [2.45, 2.75) is 39.7 Å². The summed E-state index contributed by atoms with van der Waals surface area (Å²) >= 11 is 0. The third-order valence-electron chi connectivity index (χ3n) is 2.73. The molecule has 0 aromatic heterocycles. The maximum absolute atomic E-state index is 11.9. The smallest absolute Gasteiger partial charge is 0.163 e. The molecule has 15 heavy (non-hydrogen) atoms. The highest BCUT2D eigenvalue weighted by Gasteiger charge is 2.10. The summed E-state index contributed by atoms with van der Waals surface area (Å²) < 4.78 is 0. The first-order valence-corrected chi connectivity index (χ1v) is 5.37. The number of nitrogens with two attached hydrogens (primary N) is 1. The van der Waals surface area contributed by atoms with Gasteiger partial charge in [0.25, 0.3) is 0 Å². The van der Waals surface area contributed by atoms with Crippen LogP contribution < -0.4 is 5.73 Å². The molecule has 0 saturated carbocycles. The lowest BCUT2D eigenvalue weighted by atomic mass is 9.97. The van der Waals surface area contributed by atoms with Crippen molar-refractivity contribution in [1.82, 2.24) is 0 Å². The number of carbonyl (C=O) groups is 1. The van der Waals surface area contributed by atoms with Crippen molar-refractivity contribution in [3.8, 4) is 0 Å². The maximum atomic E-state index is 11.9. The van der Waals surface area contributed by atoms with Crippen LogP contribution in [0.1, 0.15) is 41.3 Å². The molecule has 0 aliphatic rings. The van der Waals surface area contributed by atoms with Gasteiger partial charge < -0.3 is 5.73 Å². The molecule has 1 aromatic rings. The van der Waals surface area contributed by atoms with Crippen molar-refractivity contribution in [3.05, 3.63) is 34.9 Å². The van der Waals surface area contributed by atoms with Crippen molar-refractivity contribution in [2.24, 2.45) is 5.73 Å². The van der Waals surface area contributed by atoms with E-state index < -0.39 is 0 Å². The zero-order valence-corrected chi connectivity index (χ0v) is 9.71. The van der Waals surface area contributed by atoms with Gasteiger partial charge in [0.2, 0.25) is 0 Å². The number of ketones is 1. The van der Waals surface area contributed by atoms with Crippen molar-refractivity contribution >= 4 is 5.78 Å². The minimum atomic E-state index is 0.0964. The normalized spacial score (nSPS) is 12.5. The molecule has 0 bridgehead atoms. The topological polar surface area (TPSA) is 43.1 Å². The van der Waals surface area contributed by atoms with Gasteiger partial charge >= 0.3 is 0 Å². The first kappa shape index (κ1) is 11.9. The average Bonchev–Trinajstić information content (AvgIpc) is 2.18. The fourth-order valence-corrected chi connectivity index (χ4v) is 1.55. The number of hydrogen-bond acceptors (Lipinski definition) is 2. The second-order valence-corrected chi connectivity index (χ2v) is 4.19. The molecule has 82 valence electrons. The summed E-state index contributed by atoms with van der Waals surface area (Å²) in [5.74, 6) is 0.202. The zero-order chi connectivity index (χ0) is 11.4. The molecule has 1 rings (SSSR count). The predicted molar refractivity (Wildman–Crippen MR) is 63.1 cm³/mol. The maximum Gasteiger partial charge on any atom is 0.163 e. The fourth-order valence-electron chi connectivity index (χ4n) is 1.55. The molecule has 2 heteroatoms. The Labute approximate surface area is 91.5 Å². The molecule has 0 aliphatic carbocycles. The molecule has 2 nitrogen and oxygen atoms in total. The molecule has 0 amide bonds. The summed E-state index contributed by atoms with van der Waals surface area (Å²) in [6, 6.07) is 5.95. The van der Waals surface area contributed by atoms with Crippen LogP contribution in [-0.4, -0.2) is 11.8 Å². The van der Waals surface area contributed by atoms with Crippen LogP contribution in [0.5, 0.6) is 0 Å². The molecule has 0 fully saturated rings. The summed E-state index contributed by atoms with van der Waals surface area (Å²) in [5, 5.41) is 0. The molecular weight excluding hydrogens is 186 g/mol. The Hall–Kier alpha value is -1.15. The van der Waals surface area contributed by atoms with E-state index in [0.29, 0.717) is 6.42 Å². The van der Waals surface area contributed by atoms with E-state index in [2.05, 4.69) is 0 Å². The van der Waals surface area contributed by atoms with Crippen molar-refractivity contribution < 1.29 is 4.79 Å². The van der Waals surface area contributed by atoms with Crippen LogP contribution in [0, 0.1) is 13.8 Å². The largest absolute Gasteiger partial charge is 0.328 e. The Balaban J connectivity index is 2.78. The van der Waals surface area contributed by atoms with E-state index in [9.17, 15) is 4.79 Å². The number of carbonyl (C=O) groups excluding carboxylic acids is 1. The Morgan fingerprint density at radius 2 is 2.07 bits per heavy atom. The van der Waals surface area contributed by atoms with E-state index in [-0.39, 0.29) is 11.8 Å². The molecule has 0 aliphatic heterocycles. The van der Waals surface area contributed by atoms with Gasteiger partial charge in [0, 0.05) is 18.0 Å². The molecule has 1 atom stereocenters. The lowest BCUT2D eigenvalue weighted by molar-refractivity contribution is 0.0977. The van der Waals surface area contributed by atoms with Gasteiger partial charge in [-0.1, -0.05) is 18.2 Å². The van der Waals surface area contributed by atoms with Crippen LogP contribution in [0.3, 0.4) is 0 Å². The second kappa shape index (κ2) is 5.08. The molecule has 0 spiro atoms. The SMILES string of the molecule is Cc1cccc(C(=O)CCC(C)N)c1C. The van der Waals surface area contributed by atoms with Gasteiger partial charge in [0.05, 0.1) is 0 Å². The van der Waals surface area contributed by atoms with Crippen LogP contribution in [0.15, 0.2) is 18.2 Å². The fraction of sp³-hybridized carbons (Fsp3) is 0.462. The number of hydrogen-bond donors (Lipinski definition) is 1. The summed E-state index contributed by atoms with van der Waals surface area (Å²) in [6.45, 7) is 5.95. The lowest BCUT2D eigenvalue weighted by Crippen LogP contribution is -2.16. The molecule has 0 radical (unpaired) electrons. The van der Waals surface area contributed by atoms with Crippen molar-refractivity contribution in [3.63, 3.8) is 0 Å². The van der Waals surface area contributed by atoms with E-state index in [1.807, 2.05) is 39.0 Å². The molecule has 2 N–H and O–H groups in total. The van der Waals surface area contributed by atoms with Gasteiger partial charge in [-0.15, -0.1) is 0 Å². The highest BCUT2D eigenvalue weighted by molar-refractivity contribution is 5.97. The minimum absolute atomic E-state index is 0.0964. The van der Waals surface area contributed by atoms with E-state index >= 15 is 0 Å². The third kappa shape index (κ3) is 3.17. The van der Waals surface area contributed by atoms with E-state index in [0.717, 1.165) is 17.5 Å². The van der Waals surface area contributed by atoms with Crippen molar-refractivity contribution in [1.29, 1.82) is 0 Å². The second-order valence-electron chi connectivity index (χ2n) is 4.19. The van der Waals surface area contributed by atoms with Crippen LogP contribution in [0.25, 0.3) is 0 Å². The number of rotatable bonds is 4. The monoisotopic (exact) mass is 205 g/mol. The van der Waals surface area contributed by atoms with Crippen LogP contribution in [-0.2, 0) is 0 Å². The zero-order valence-electron chi connectivity index (χ0n) is 9.71. The molecule has 0 heterocycles. The van der Waals surface area contributed by atoms with Crippen molar-refractivity contribution in [2.75, 3.05) is 0 Å². The molecule has 0 saturated heterocycles. The van der Waals surface area contributed by atoms with Crippen LogP contribution in [0.4, 0.5) is 0 Å². The minimum Gasteiger partial charge on any atom is -0.328 e. The van der Waals surface area contributed by atoms with E-state index in [1.54, 1.807) is 0 Å². The van der Waals surface area contributed by atoms with Gasteiger partial charge in [-0.05, 0) is 38.3 Å². The number of benzene rings is 1. The third-order valence-corrected chi connectivity index (χ3v) is 2.73. The Bertz CT molecular complexity index is 356. The molecule has 1 aromatic carbocycles. The van der Waals surface area contributed by atoms with Crippen LogP contribution in [0.2, 0.25) is 0 Å². The molecular formula is C13H19NO. The summed E-state index contributed by atoms with van der Waals surface area (Å²) in [4.78, 5) is 11.9. The Morgan fingerprint density at radius 3 is 2.67 bits per heavy atom. The number of aryl methyl sites for hydroxylation is 1. The summed E-state index contributed by atoms with van der Waals surface area (Å²) in [6.07, 6.45) is 1.30. The summed E-state index contributed by atoms with van der Waals surface area (Å²) in [5.41, 5.74) is 8.74.